The Labute approximate surface area is 300 Å². The Balaban J connectivity index is -0.000000200. The molecule has 0 fully saturated rings. The summed E-state index contributed by atoms with van der Waals surface area (Å²) in [6.45, 7) is 6.00. The van der Waals surface area contributed by atoms with E-state index in [2.05, 4.69) is 13.2 Å². The molecule has 0 aromatic rings. The van der Waals surface area contributed by atoms with Crippen LogP contribution in [0.1, 0.15) is 168 Å². The van der Waals surface area contributed by atoms with Crippen LogP contribution in [0.3, 0.4) is 0 Å². The van der Waals surface area contributed by atoms with Crippen molar-refractivity contribution < 1.29 is 60.8 Å². The lowest BCUT2D eigenvalue weighted by Crippen LogP contribution is -1.94. The molecule has 0 aliphatic rings. The van der Waals surface area contributed by atoms with Gasteiger partial charge in [-0.15, -0.1) is 13.2 Å². The van der Waals surface area contributed by atoms with E-state index in [1.165, 1.54) is 0 Å². The van der Waals surface area contributed by atoms with Crippen LogP contribution in [0.25, 0.3) is 0 Å². The summed E-state index contributed by atoms with van der Waals surface area (Å²) in [4.78, 5) is 61.2. The Kier molecular flexibility index (Phi) is 47.6. The molecule has 0 aliphatic heterocycles. The molecule has 292 valence electrons. The minimum Gasteiger partial charge on any atom is -0.481 e. The fourth-order valence-corrected chi connectivity index (χ4v) is 4.24. The van der Waals surface area contributed by atoms with E-state index in [-0.39, 0.29) is 40.0 Å². The van der Waals surface area contributed by atoms with E-state index in [4.69, 9.17) is 30.6 Å². The third-order valence-corrected chi connectivity index (χ3v) is 6.91. The molecule has 0 unspecified atom stereocenters. The summed E-state index contributed by atoms with van der Waals surface area (Å²) in [5.74, 6) is -4.38. The standard InChI is InChI=1S/C12H22O4.2C12H20O4.C2H4.H2/c3*13-11(14)9-7-5-3-1-2-4-6-8-10-12(15)16;1-2;/h1-10H2,(H,13,14)(H,15,16);2*1-2H,3-10H2,(H,13,14)(H,15,16);1-2H2;1H/b;2*2-1+;;. The number of carbonyl (C=O) groups is 6. The van der Waals surface area contributed by atoms with Crippen molar-refractivity contribution in [3.8, 4) is 0 Å². The first kappa shape index (κ1) is 52.8. The van der Waals surface area contributed by atoms with E-state index >= 15 is 0 Å². The van der Waals surface area contributed by atoms with E-state index in [1.807, 2.05) is 24.3 Å². The van der Waals surface area contributed by atoms with Gasteiger partial charge in [0.1, 0.15) is 0 Å². The fourth-order valence-electron chi connectivity index (χ4n) is 4.24. The zero-order valence-corrected chi connectivity index (χ0v) is 30.2. The number of aliphatic carboxylic acids is 6. The molecule has 0 aromatic carbocycles. The van der Waals surface area contributed by atoms with Crippen LogP contribution >= 0.6 is 0 Å². The fraction of sp³-hybridized carbons (Fsp3) is 0.684. The first-order valence-corrected chi connectivity index (χ1v) is 18.0. The van der Waals surface area contributed by atoms with E-state index < -0.39 is 35.8 Å². The zero-order chi connectivity index (χ0) is 38.7. The monoisotopic (exact) mass is 716 g/mol. The van der Waals surface area contributed by atoms with Gasteiger partial charge in [-0.3, -0.25) is 28.8 Å². The van der Waals surface area contributed by atoms with Gasteiger partial charge in [0, 0.05) is 40.0 Å². The average molecular weight is 717 g/mol. The molecule has 0 radical (unpaired) electrons. The Morgan fingerprint density at radius 3 is 0.600 bits per heavy atom. The molecule has 0 atom stereocenters. The highest BCUT2D eigenvalue weighted by Gasteiger charge is 1.99. The van der Waals surface area contributed by atoms with Crippen molar-refractivity contribution in [2.24, 2.45) is 0 Å². The minimum absolute atomic E-state index is 0. The van der Waals surface area contributed by atoms with Crippen molar-refractivity contribution in [3.05, 3.63) is 37.5 Å². The number of hydrogen-bond acceptors (Lipinski definition) is 6. The first-order chi connectivity index (χ1) is 23.9. The van der Waals surface area contributed by atoms with Crippen molar-refractivity contribution in [1.82, 2.24) is 0 Å². The normalized spacial score (nSPS) is 10.2. The van der Waals surface area contributed by atoms with Gasteiger partial charge in [-0.1, -0.05) is 62.8 Å². The summed E-state index contributed by atoms with van der Waals surface area (Å²) < 4.78 is 0. The number of rotatable bonds is 31. The molecule has 12 heteroatoms. The second kappa shape index (κ2) is 45.0. The predicted octanol–water partition coefficient (Wildman–Crippen LogP) is 9.77. The second-order valence-electron chi connectivity index (χ2n) is 11.6. The summed E-state index contributed by atoms with van der Waals surface area (Å²) in [5, 5.41) is 50.4. The highest BCUT2D eigenvalue weighted by Crippen LogP contribution is 2.11. The molecule has 0 saturated carbocycles. The quantitative estimate of drug-likeness (QED) is 0.0291. The molecule has 0 spiro atoms. The van der Waals surface area contributed by atoms with Crippen LogP contribution in [0.15, 0.2) is 37.5 Å². The molecule has 0 aromatic heterocycles. The zero-order valence-electron chi connectivity index (χ0n) is 30.2. The molecule has 50 heavy (non-hydrogen) atoms. The predicted molar refractivity (Wildman–Crippen MR) is 198 cm³/mol. The Bertz CT molecular complexity index is 799. The van der Waals surface area contributed by atoms with Gasteiger partial charge in [0.05, 0.1) is 0 Å². The molecule has 0 aliphatic carbocycles. The van der Waals surface area contributed by atoms with Gasteiger partial charge in [-0.2, -0.15) is 0 Å². The van der Waals surface area contributed by atoms with E-state index in [0.717, 1.165) is 128 Å². The Morgan fingerprint density at radius 1 is 0.300 bits per heavy atom. The van der Waals surface area contributed by atoms with E-state index in [1.54, 1.807) is 0 Å². The lowest BCUT2D eigenvalue weighted by atomic mass is 10.1. The number of carboxylic acid groups (broad SMARTS) is 6. The number of allylic oxidation sites excluding steroid dienone is 4. The molecule has 6 N–H and O–H groups in total. The SMILES string of the molecule is C=C.O=C(O)CCCC/C=C/CCCCC(=O)O.O=C(O)CCCC/C=C/CCCCC(=O)O.O=C(O)CCCCCCCCCCC(=O)O.[HH]. The van der Waals surface area contributed by atoms with Gasteiger partial charge >= 0.3 is 35.8 Å². The minimum atomic E-state index is -0.738. The van der Waals surface area contributed by atoms with Crippen molar-refractivity contribution in [1.29, 1.82) is 0 Å². The van der Waals surface area contributed by atoms with Crippen LogP contribution in [0, 0.1) is 0 Å². The van der Waals surface area contributed by atoms with Gasteiger partial charge in [-0.25, -0.2) is 0 Å². The third kappa shape index (κ3) is 66.4. The van der Waals surface area contributed by atoms with Crippen LogP contribution in [0.5, 0.6) is 0 Å². The first-order valence-electron chi connectivity index (χ1n) is 18.0. The third-order valence-electron chi connectivity index (χ3n) is 6.91. The lowest BCUT2D eigenvalue weighted by Gasteiger charge is -2.00. The van der Waals surface area contributed by atoms with E-state index in [9.17, 15) is 28.8 Å². The maximum Gasteiger partial charge on any atom is 0.303 e. The second-order valence-corrected chi connectivity index (χ2v) is 11.6. The van der Waals surface area contributed by atoms with Crippen LogP contribution in [0.4, 0.5) is 0 Å². The van der Waals surface area contributed by atoms with Crippen LogP contribution in [0.2, 0.25) is 0 Å². The highest BCUT2D eigenvalue weighted by atomic mass is 16.4. The number of unbranched alkanes of at least 4 members (excludes halogenated alkanes) is 15. The molecular weight excluding hydrogens is 648 g/mol. The molecule has 0 rings (SSSR count). The van der Waals surface area contributed by atoms with Crippen molar-refractivity contribution in [2.45, 2.75) is 167 Å². The maximum atomic E-state index is 10.2. The highest BCUT2D eigenvalue weighted by molar-refractivity contribution is 5.68. The number of carboxylic acids is 6. The van der Waals surface area contributed by atoms with Crippen molar-refractivity contribution in [2.75, 3.05) is 0 Å². The summed E-state index contributed by atoms with van der Waals surface area (Å²) in [7, 11) is 0. The maximum absolute atomic E-state index is 10.2. The van der Waals surface area contributed by atoms with Gasteiger partial charge in [0.25, 0.3) is 0 Å². The topological polar surface area (TPSA) is 224 Å². The Morgan fingerprint density at radius 2 is 0.440 bits per heavy atom. The molecule has 12 nitrogen and oxygen atoms in total. The Hall–Kier alpha value is -3.96. The summed E-state index contributed by atoms with van der Waals surface area (Å²) in [6, 6.07) is 0. The van der Waals surface area contributed by atoms with Crippen molar-refractivity contribution in [3.63, 3.8) is 0 Å². The summed E-state index contributed by atoms with van der Waals surface area (Å²) >= 11 is 0. The molecule has 0 amide bonds. The van der Waals surface area contributed by atoms with Crippen LogP contribution < -0.4 is 0 Å². The summed E-state index contributed by atoms with van der Waals surface area (Å²) in [6.07, 6.45) is 27.8. The molecule has 0 bridgehead atoms. The largest absolute Gasteiger partial charge is 0.481 e. The average Bonchev–Trinajstić information content (AvgIpc) is 3.04. The van der Waals surface area contributed by atoms with Crippen LogP contribution in [-0.2, 0) is 28.8 Å². The molecule has 0 heterocycles. The van der Waals surface area contributed by atoms with E-state index in [0.29, 0.717) is 0 Å². The smallest absolute Gasteiger partial charge is 0.303 e. The van der Waals surface area contributed by atoms with Gasteiger partial charge in [0.15, 0.2) is 0 Å². The van der Waals surface area contributed by atoms with Gasteiger partial charge in [-0.05, 0) is 89.9 Å². The van der Waals surface area contributed by atoms with Crippen LogP contribution in [-0.4, -0.2) is 66.5 Å². The number of hydrogen-bond donors (Lipinski definition) is 6. The van der Waals surface area contributed by atoms with Gasteiger partial charge in [0.2, 0.25) is 0 Å². The van der Waals surface area contributed by atoms with Crippen molar-refractivity contribution >= 4 is 35.8 Å². The molecule has 0 saturated heterocycles. The molecular formula is C38H68O12. The lowest BCUT2D eigenvalue weighted by molar-refractivity contribution is -0.138. The summed E-state index contributed by atoms with van der Waals surface area (Å²) in [5.41, 5.74) is 0. The van der Waals surface area contributed by atoms with Gasteiger partial charge < -0.3 is 30.6 Å².